The number of benzene rings is 3. The Morgan fingerprint density at radius 2 is 1.55 bits per heavy atom. The first-order valence-corrected chi connectivity index (χ1v) is 15.7. The molecule has 1 heterocycles. The van der Waals surface area contributed by atoms with Crippen molar-refractivity contribution in [3.8, 4) is 0 Å². The molecule has 0 bridgehead atoms. The number of Topliss-reactive ketones (excluding diaryl/α,β-unsaturated/α-hetero) is 1. The SMILES string of the molecule is CC(c1cccc2ccccc12)N1CCC(CN(CC(=O)NCC(=O)NCC(=O)C(=O)NCc2ccccc2)S(=O)O)CC1. The average molecular weight is 622 g/mol. The number of ketones is 1. The summed E-state index contributed by atoms with van der Waals surface area (Å²) in [6, 6.07) is 24.0. The van der Waals surface area contributed by atoms with Crippen LogP contribution in [0.1, 0.15) is 36.9 Å². The molecule has 1 aliphatic rings. The molecule has 2 unspecified atom stereocenters. The van der Waals surface area contributed by atoms with Crippen molar-refractivity contribution in [2.75, 3.05) is 39.3 Å². The number of likely N-dealkylation sites (tertiary alicyclic amines) is 1. The fraction of sp³-hybridized carbons (Fsp3) is 0.375. The number of hydrogen-bond acceptors (Lipinski definition) is 6. The van der Waals surface area contributed by atoms with Crippen LogP contribution in [0, 0.1) is 5.92 Å². The summed E-state index contributed by atoms with van der Waals surface area (Å²) in [6.07, 6.45) is 1.64. The van der Waals surface area contributed by atoms with Crippen LogP contribution in [0.15, 0.2) is 72.8 Å². The molecule has 0 radical (unpaired) electrons. The van der Waals surface area contributed by atoms with Crippen molar-refractivity contribution in [3.05, 3.63) is 83.9 Å². The zero-order chi connectivity index (χ0) is 31.5. The molecule has 1 fully saturated rings. The van der Waals surface area contributed by atoms with Gasteiger partial charge in [0.2, 0.25) is 28.9 Å². The molecule has 4 N–H and O–H groups in total. The van der Waals surface area contributed by atoms with Gasteiger partial charge in [-0.15, -0.1) is 0 Å². The highest BCUT2D eigenvalue weighted by Crippen LogP contribution is 2.31. The first-order chi connectivity index (χ1) is 21.2. The van der Waals surface area contributed by atoms with Gasteiger partial charge in [-0.3, -0.25) is 28.6 Å². The van der Waals surface area contributed by atoms with Crippen LogP contribution in [0.5, 0.6) is 0 Å². The maximum absolute atomic E-state index is 12.5. The van der Waals surface area contributed by atoms with Gasteiger partial charge < -0.3 is 16.0 Å². The van der Waals surface area contributed by atoms with E-state index >= 15 is 0 Å². The Bertz CT molecular complexity index is 1470. The molecule has 1 aliphatic heterocycles. The van der Waals surface area contributed by atoms with Crippen LogP contribution in [0.4, 0.5) is 0 Å². The number of rotatable bonds is 14. The van der Waals surface area contributed by atoms with Gasteiger partial charge in [0.1, 0.15) is 0 Å². The average Bonchev–Trinajstić information content (AvgIpc) is 3.05. The normalized spacial score (nSPS) is 15.4. The molecule has 3 aromatic rings. The largest absolute Gasteiger partial charge is 0.347 e. The highest BCUT2D eigenvalue weighted by molar-refractivity contribution is 7.76. The number of carbonyl (C=O) groups excluding carboxylic acids is 4. The van der Waals surface area contributed by atoms with Crippen LogP contribution in [0.3, 0.4) is 0 Å². The lowest BCUT2D eigenvalue weighted by atomic mass is 9.93. The van der Waals surface area contributed by atoms with Crippen LogP contribution < -0.4 is 16.0 Å². The van der Waals surface area contributed by atoms with Crippen molar-refractivity contribution in [2.45, 2.75) is 32.4 Å². The fourth-order valence-corrected chi connectivity index (χ4v) is 5.97. The third-order valence-corrected chi connectivity index (χ3v) is 8.63. The van der Waals surface area contributed by atoms with Crippen molar-refractivity contribution in [1.82, 2.24) is 25.2 Å². The van der Waals surface area contributed by atoms with Crippen molar-refractivity contribution in [3.63, 3.8) is 0 Å². The third-order valence-electron chi connectivity index (χ3n) is 7.91. The van der Waals surface area contributed by atoms with Gasteiger partial charge in [0.15, 0.2) is 0 Å². The van der Waals surface area contributed by atoms with Crippen molar-refractivity contribution < 1.29 is 27.9 Å². The van der Waals surface area contributed by atoms with Crippen LogP contribution in [0.25, 0.3) is 10.8 Å². The molecule has 3 aromatic carbocycles. The summed E-state index contributed by atoms with van der Waals surface area (Å²) in [4.78, 5) is 51.0. The van der Waals surface area contributed by atoms with E-state index in [-0.39, 0.29) is 31.6 Å². The molecule has 0 aromatic heterocycles. The Morgan fingerprint density at radius 3 is 2.27 bits per heavy atom. The van der Waals surface area contributed by atoms with E-state index in [0.29, 0.717) is 0 Å². The molecule has 11 nitrogen and oxygen atoms in total. The standard InChI is InChI=1S/C32H39N5O6S/c1-23(27-13-7-11-26-10-5-6-12-28(26)27)36-16-14-25(15-17-36)21-37(44(42)43)22-31(40)34-20-30(39)33-19-29(38)32(41)35-18-24-8-3-2-4-9-24/h2-13,23,25H,14-22H2,1H3,(H,33,39)(H,34,40)(H,35,41)(H,42,43). The first kappa shape index (κ1) is 32.9. The van der Waals surface area contributed by atoms with Gasteiger partial charge in [-0.05, 0) is 60.7 Å². The third kappa shape index (κ3) is 9.52. The predicted molar refractivity (Wildman–Crippen MR) is 168 cm³/mol. The summed E-state index contributed by atoms with van der Waals surface area (Å²) in [5, 5.41) is 9.64. The number of nitrogens with one attached hydrogen (secondary N) is 3. The number of piperidine rings is 1. The summed E-state index contributed by atoms with van der Waals surface area (Å²) in [5.41, 5.74) is 2.10. The molecule has 0 spiro atoms. The van der Waals surface area contributed by atoms with E-state index in [9.17, 15) is 27.9 Å². The monoisotopic (exact) mass is 621 g/mol. The molecule has 3 amide bonds. The van der Waals surface area contributed by atoms with E-state index in [1.165, 1.54) is 20.6 Å². The van der Waals surface area contributed by atoms with Gasteiger partial charge >= 0.3 is 0 Å². The Morgan fingerprint density at radius 1 is 0.886 bits per heavy atom. The number of fused-ring (bicyclic) bond motifs is 1. The Hall–Kier alpha value is -3.97. The van der Waals surface area contributed by atoms with Gasteiger partial charge in [0.25, 0.3) is 5.91 Å². The molecule has 234 valence electrons. The van der Waals surface area contributed by atoms with Crippen LogP contribution in [-0.4, -0.2) is 80.7 Å². The van der Waals surface area contributed by atoms with Gasteiger partial charge in [0, 0.05) is 19.1 Å². The van der Waals surface area contributed by atoms with Crippen molar-refractivity contribution in [1.29, 1.82) is 0 Å². The van der Waals surface area contributed by atoms with Crippen LogP contribution >= 0.6 is 0 Å². The van der Waals surface area contributed by atoms with Gasteiger partial charge in [-0.2, -0.15) is 4.31 Å². The highest BCUT2D eigenvalue weighted by Gasteiger charge is 2.28. The zero-order valence-electron chi connectivity index (χ0n) is 24.7. The van der Waals surface area contributed by atoms with Gasteiger partial charge in [-0.1, -0.05) is 72.8 Å². The fourth-order valence-electron chi connectivity index (χ4n) is 5.40. The van der Waals surface area contributed by atoms with E-state index < -0.39 is 47.9 Å². The topological polar surface area (TPSA) is 148 Å². The van der Waals surface area contributed by atoms with E-state index in [2.05, 4.69) is 58.1 Å². The van der Waals surface area contributed by atoms with Crippen molar-refractivity contribution >= 4 is 45.5 Å². The summed E-state index contributed by atoms with van der Waals surface area (Å²) in [7, 11) is 0. The Balaban J connectivity index is 1.16. The molecule has 0 aliphatic carbocycles. The van der Waals surface area contributed by atoms with Crippen molar-refractivity contribution in [2.24, 2.45) is 5.92 Å². The highest BCUT2D eigenvalue weighted by atomic mass is 32.2. The quantitative estimate of drug-likeness (QED) is 0.159. The minimum atomic E-state index is -2.36. The van der Waals surface area contributed by atoms with Gasteiger partial charge in [0.05, 0.1) is 19.6 Å². The lowest BCUT2D eigenvalue weighted by Crippen LogP contribution is -2.46. The van der Waals surface area contributed by atoms with E-state index in [4.69, 9.17) is 0 Å². The first-order valence-electron chi connectivity index (χ1n) is 14.7. The number of amides is 3. The lowest BCUT2D eigenvalue weighted by Gasteiger charge is -2.37. The summed E-state index contributed by atoms with van der Waals surface area (Å²) >= 11 is -2.36. The molecular weight excluding hydrogens is 582 g/mol. The maximum atomic E-state index is 12.5. The molecule has 4 rings (SSSR count). The molecule has 0 saturated carbocycles. The molecular formula is C32H39N5O6S. The predicted octanol–water partition coefficient (Wildman–Crippen LogP) is 2.17. The molecule has 44 heavy (non-hydrogen) atoms. The van der Waals surface area contributed by atoms with Crippen LogP contribution in [0.2, 0.25) is 0 Å². The molecule has 1 saturated heterocycles. The summed E-state index contributed by atoms with van der Waals surface area (Å²) in [6.45, 7) is 3.01. The smallest absolute Gasteiger partial charge is 0.289 e. The number of carbonyl (C=O) groups is 4. The van der Waals surface area contributed by atoms with E-state index in [0.717, 1.165) is 31.5 Å². The minimum absolute atomic E-state index is 0.136. The Labute approximate surface area is 259 Å². The summed E-state index contributed by atoms with van der Waals surface area (Å²) < 4.78 is 23.0. The minimum Gasteiger partial charge on any atom is -0.347 e. The molecule has 12 heteroatoms. The van der Waals surface area contributed by atoms with E-state index in [1.807, 2.05) is 30.3 Å². The zero-order valence-corrected chi connectivity index (χ0v) is 25.6. The second kappa shape index (κ2) is 16.2. The Kier molecular flexibility index (Phi) is 12.1. The molecule has 2 atom stereocenters. The van der Waals surface area contributed by atoms with Gasteiger partial charge in [-0.25, -0.2) is 4.21 Å². The summed E-state index contributed by atoms with van der Waals surface area (Å²) in [5.74, 6) is -2.77. The maximum Gasteiger partial charge on any atom is 0.289 e. The second-order valence-corrected chi connectivity index (χ2v) is 11.9. The van der Waals surface area contributed by atoms with E-state index in [1.54, 1.807) is 12.1 Å². The van der Waals surface area contributed by atoms with Crippen LogP contribution in [-0.2, 0) is 37.0 Å². The second-order valence-electron chi connectivity index (χ2n) is 10.9. The lowest BCUT2D eigenvalue weighted by molar-refractivity contribution is -0.138. The number of hydrogen-bond donors (Lipinski definition) is 4. The number of nitrogens with zero attached hydrogens (tertiary/aromatic N) is 2.